The Balaban J connectivity index is 2.08. The molecule has 1 unspecified atom stereocenters. The fourth-order valence-corrected chi connectivity index (χ4v) is 1.22. The summed E-state index contributed by atoms with van der Waals surface area (Å²) in [5, 5.41) is 11.7. The number of aliphatic carboxylic acids is 1. The molecule has 14 heavy (non-hydrogen) atoms. The number of hydrogen-bond acceptors (Lipinski definition) is 4. The zero-order valence-corrected chi connectivity index (χ0v) is 8.36. The van der Waals surface area contributed by atoms with E-state index in [9.17, 15) is 4.79 Å². The molecule has 2 N–H and O–H groups in total. The highest BCUT2D eigenvalue weighted by Gasteiger charge is 2.20. The molecular weight excluding hydrogens is 186 g/mol. The van der Waals surface area contributed by atoms with Crippen LogP contribution in [0.15, 0.2) is 0 Å². The first-order valence-electron chi connectivity index (χ1n) is 4.89. The Morgan fingerprint density at radius 1 is 1.71 bits per heavy atom. The quantitative estimate of drug-likeness (QED) is 0.602. The summed E-state index contributed by atoms with van der Waals surface area (Å²) in [5.74, 6) is -0.819. The van der Waals surface area contributed by atoms with Crippen molar-refractivity contribution < 1.29 is 19.4 Å². The van der Waals surface area contributed by atoms with Crippen molar-refractivity contribution in [3.8, 4) is 0 Å². The van der Waals surface area contributed by atoms with Gasteiger partial charge in [-0.25, -0.2) is 0 Å². The highest BCUT2D eigenvalue weighted by Crippen LogP contribution is 2.06. The van der Waals surface area contributed by atoms with Crippen LogP contribution in [0.25, 0.3) is 0 Å². The smallest absolute Gasteiger partial charge is 0.320 e. The van der Waals surface area contributed by atoms with Crippen molar-refractivity contribution in [3.05, 3.63) is 0 Å². The Morgan fingerprint density at radius 2 is 2.43 bits per heavy atom. The highest BCUT2D eigenvalue weighted by molar-refractivity contribution is 5.73. The number of carboxylic acids is 1. The number of hydrogen-bond donors (Lipinski definition) is 2. The van der Waals surface area contributed by atoms with Gasteiger partial charge in [0.05, 0.1) is 13.2 Å². The van der Waals surface area contributed by atoms with Gasteiger partial charge in [-0.05, 0) is 13.0 Å². The Morgan fingerprint density at radius 3 is 2.86 bits per heavy atom. The van der Waals surface area contributed by atoms with E-state index >= 15 is 0 Å². The highest BCUT2D eigenvalue weighted by atomic mass is 16.6. The maximum absolute atomic E-state index is 10.7. The molecule has 1 aliphatic heterocycles. The van der Waals surface area contributed by atoms with Gasteiger partial charge in [-0.15, -0.1) is 0 Å². The topological polar surface area (TPSA) is 67.8 Å². The molecule has 1 rings (SSSR count). The molecule has 1 atom stereocenters. The van der Waals surface area contributed by atoms with Gasteiger partial charge in [-0.2, -0.15) is 0 Å². The average Bonchev–Trinajstić information content (AvgIpc) is 2.06. The van der Waals surface area contributed by atoms with Gasteiger partial charge < -0.3 is 19.9 Å². The summed E-state index contributed by atoms with van der Waals surface area (Å²) in [7, 11) is 0. The molecule has 0 aromatic rings. The third kappa shape index (κ3) is 3.61. The van der Waals surface area contributed by atoms with Crippen molar-refractivity contribution >= 4 is 5.97 Å². The van der Waals surface area contributed by atoms with Crippen LogP contribution in [0.4, 0.5) is 0 Å². The van der Waals surface area contributed by atoms with Gasteiger partial charge in [0.15, 0.2) is 0 Å². The molecule has 1 fully saturated rings. The van der Waals surface area contributed by atoms with E-state index in [0.29, 0.717) is 32.8 Å². The monoisotopic (exact) mass is 203 g/mol. The minimum Gasteiger partial charge on any atom is -0.480 e. The summed E-state index contributed by atoms with van der Waals surface area (Å²) in [6.07, 6.45) is 0.672. The van der Waals surface area contributed by atoms with Gasteiger partial charge in [0.2, 0.25) is 0 Å². The van der Waals surface area contributed by atoms with Crippen LogP contribution in [0, 0.1) is 0 Å². The van der Waals surface area contributed by atoms with E-state index in [0.717, 1.165) is 0 Å². The molecule has 5 heteroatoms. The van der Waals surface area contributed by atoms with Gasteiger partial charge in [0, 0.05) is 6.61 Å². The Labute approximate surface area is 83.4 Å². The minimum absolute atomic E-state index is 0.172. The number of ether oxygens (including phenoxy) is 2. The molecule has 1 saturated heterocycles. The predicted octanol–water partition coefficient (Wildman–Crippen LogP) is -0.145. The van der Waals surface area contributed by atoms with Gasteiger partial charge in [-0.1, -0.05) is 6.92 Å². The average molecular weight is 203 g/mol. The number of rotatable bonds is 7. The number of carbonyl (C=O) groups is 1. The summed E-state index contributed by atoms with van der Waals surface area (Å²) in [6.45, 7) is 4.29. The van der Waals surface area contributed by atoms with Crippen LogP contribution in [0.2, 0.25) is 0 Å². The molecule has 0 saturated carbocycles. The van der Waals surface area contributed by atoms with E-state index in [1.165, 1.54) is 0 Å². The van der Waals surface area contributed by atoms with Gasteiger partial charge >= 0.3 is 5.97 Å². The molecule has 0 radical (unpaired) electrons. The summed E-state index contributed by atoms with van der Waals surface area (Å²) in [5.41, 5.74) is 0. The van der Waals surface area contributed by atoms with Crippen molar-refractivity contribution in [3.63, 3.8) is 0 Å². The molecule has 1 heterocycles. The van der Waals surface area contributed by atoms with Gasteiger partial charge in [0.1, 0.15) is 12.1 Å². The molecule has 0 aromatic carbocycles. The summed E-state index contributed by atoms with van der Waals surface area (Å²) in [4.78, 5) is 10.7. The van der Waals surface area contributed by atoms with Crippen LogP contribution in [0.1, 0.15) is 13.3 Å². The van der Waals surface area contributed by atoms with Crippen molar-refractivity contribution in [1.82, 2.24) is 5.32 Å². The van der Waals surface area contributed by atoms with Gasteiger partial charge in [0.25, 0.3) is 0 Å². The fourth-order valence-electron chi connectivity index (χ4n) is 1.22. The number of likely N-dealkylation sites (N-methyl/N-ethyl adjacent to an activating group) is 1. The maximum atomic E-state index is 10.7. The zero-order chi connectivity index (χ0) is 10.4. The second-order valence-corrected chi connectivity index (χ2v) is 3.27. The van der Waals surface area contributed by atoms with E-state index in [4.69, 9.17) is 14.6 Å². The zero-order valence-electron chi connectivity index (χ0n) is 8.36. The number of carboxylic acid groups (broad SMARTS) is 1. The lowest BCUT2D eigenvalue weighted by molar-refractivity contribution is -0.143. The van der Waals surface area contributed by atoms with Crippen molar-refractivity contribution in [1.29, 1.82) is 0 Å². The molecule has 0 aliphatic carbocycles. The van der Waals surface area contributed by atoms with E-state index < -0.39 is 12.0 Å². The van der Waals surface area contributed by atoms with Crippen LogP contribution >= 0.6 is 0 Å². The summed E-state index contributed by atoms with van der Waals surface area (Å²) in [6, 6.07) is -0.499. The maximum Gasteiger partial charge on any atom is 0.320 e. The second-order valence-electron chi connectivity index (χ2n) is 3.27. The molecule has 82 valence electrons. The summed E-state index contributed by atoms with van der Waals surface area (Å²) >= 11 is 0. The van der Waals surface area contributed by atoms with E-state index in [-0.39, 0.29) is 6.10 Å². The largest absolute Gasteiger partial charge is 0.480 e. The third-order valence-corrected chi connectivity index (χ3v) is 2.12. The van der Waals surface area contributed by atoms with Crippen LogP contribution < -0.4 is 5.32 Å². The normalized spacial score (nSPS) is 18.9. The van der Waals surface area contributed by atoms with Crippen molar-refractivity contribution in [2.45, 2.75) is 25.5 Å². The standard InChI is InChI=1S/C9H17NO4/c1-2-10-8(9(11)12)3-4-14-7-5-13-6-7/h7-8,10H,2-6H2,1H3,(H,11,12). The SMILES string of the molecule is CCNC(CCOC1COC1)C(=O)O. The molecule has 5 nitrogen and oxygen atoms in total. The third-order valence-electron chi connectivity index (χ3n) is 2.12. The Hall–Kier alpha value is -0.650. The first-order valence-corrected chi connectivity index (χ1v) is 4.89. The van der Waals surface area contributed by atoms with E-state index in [1.807, 2.05) is 6.92 Å². The molecule has 1 aliphatic rings. The summed E-state index contributed by atoms with van der Waals surface area (Å²) < 4.78 is 10.3. The molecule has 0 bridgehead atoms. The first-order chi connectivity index (χ1) is 6.74. The van der Waals surface area contributed by atoms with Crippen molar-refractivity contribution in [2.24, 2.45) is 0 Å². The van der Waals surface area contributed by atoms with Gasteiger partial charge in [-0.3, -0.25) is 4.79 Å². The molecule has 0 aromatic heterocycles. The molecular formula is C9H17NO4. The second kappa shape index (κ2) is 5.95. The predicted molar refractivity (Wildman–Crippen MR) is 50.3 cm³/mol. The number of nitrogens with one attached hydrogen (secondary N) is 1. The lowest BCUT2D eigenvalue weighted by Gasteiger charge is -2.26. The Kier molecular flexibility index (Phi) is 4.86. The lowest BCUT2D eigenvalue weighted by atomic mass is 10.2. The van der Waals surface area contributed by atoms with E-state index in [2.05, 4.69) is 5.32 Å². The Bertz CT molecular complexity index is 182. The van der Waals surface area contributed by atoms with Crippen LogP contribution in [0.5, 0.6) is 0 Å². The fraction of sp³-hybridized carbons (Fsp3) is 0.889. The van der Waals surface area contributed by atoms with E-state index in [1.54, 1.807) is 0 Å². The minimum atomic E-state index is -0.819. The molecule has 0 spiro atoms. The first kappa shape index (κ1) is 11.4. The van der Waals surface area contributed by atoms with Crippen LogP contribution in [-0.2, 0) is 14.3 Å². The van der Waals surface area contributed by atoms with Crippen LogP contribution in [0.3, 0.4) is 0 Å². The molecule has 0 amide bonds. The van der Waals surface area contributed by atoms with Crippen molar-refractivity contribution in [2.75, 3.05) is 26.4 Å². The lowest BCUT2D eigenvalue weighted by Crippen LogP contribution is -2.40. The van der Waals surface area contributed by atoms with Crippen LogP contribution in [-0.4, -0.2) is 49.6 Å².